The van der Waals surface area contributed by atoms with Gasteiger partial charge in [0.25, 0.3) is 0 Å². The molecule has 2 N–H and O–H groups in total. The molecule has 2 fully saturated rings. The van der Waals surface area contributed by atoms with Crippen molar-refractivity contribution in [2.45, 2.75) is 64.5 Å². The smallest absolute Gasteiger partial charge is 0.317 e. The van der Waals surface area contributed by atoms with Gasteiger partial charge in [0, 0.05) is 30.5 Å². The Morgan fingerprint density at radius 1 is 1.27 bits per heavy atom. The number of carboxylic acid groups (broad SMARTS) is 1. The van der Waals surface area contributed by atoms with E-state index in [0.717, 1.165) is 12.1 Å². The Morgan fingerprint density at radius 2 is 1.96 bits per heavy atom. The number of nitrogens with one attached hydrogen (secondary N) is 1. The monoisotopic (exact) mass is 358 g/mol. The molecule has 5 nitrogen and oxygen atoms in total. The molecule has 1 saturated carbocycles. The van der Waals surface area contributed by atoms with E-state index < -0.39 is 5.97 Å². The predicted octanol–water partition coefficient (Wildman–Crippen LogP) is 3.68. The lowest BCUT2D eigenvalue weighted by molar-refractivity contribution is -0.137. The summed E-state index contributed by atoms with van der Waals surface area (Å²) in [4.78, 5) is 25.8. The maximum absolute atomic E-state index is 12.9. The quantitative estimate of drug-likeness (QED) is 0.781. The highest BCUT2D eigenvalue weighted by Crippen LogP contribution is 2.55. The van der Waals surface area contributed by atoms with Crippen molar-refractivity contribution >= 4 is 12.0 Å². The Bertz CT molecular complexity index is 640. The van der Waals surface area contributed by atoms with Crippen LogP contribution in [0.3, 0.4) is 0 Å². The van der Waals surface area contributed by atoms with Gasteiger partial charge < -0.3 is 15.3 Å². The zero-order chi connectivity index (χ0) is 18.7. The molecule has 142 valence electrons. The molecule has 1 saturated heterocycles. The maximum atomic E-state index is 12.9. The average molecular weight is 358 g/mol. The van der Waals surface area contributed by atoms with Gasteiger partial charge in [-0.2, -0.15) is 0 Å². The lowest BCUT2D eigenvalue weighted by Gasteiger charge is -2.64. The van der Waals surface area contributed by atoms with Crippen molar-refractivity contribution in [1.82, 2.24) is 10.2 Å². The van der Waals surface area contributed by atoms with Crippen molar-refractivity contribution in [3.05, 3.63) is 35.9 Å². The number of urea groups is 1. The van der Waals surface area contributed by atoms with E-state index in [1.54, 1.807) is 0 Å². The minimum atomic E-state index is -0.824. The Balaban J connectivity index is 1.63. The molecule has 2 atom stereocenters. The summed E-state index contributed by atoms with van der Waals surface area (Å²) in [5, 5.41) is 12.1. The van der Waals surface area contributed by atoms with Gasteiger partial charge >= 0.3 is 12.0 Å². The molecule has 26 heavy (non-hydrogen) atoms. The van der Waals surface area contributed by atoms with Crippen LogP contribution in [0.4, 0.5) is 4.79 Å². The molecule has 1 spiro atoms. The first-order valence-electron chi connectivity index (χ1n) is 9.74. The molecular formula is C21H30N2O3. The van der Waals surface area contributed by atoms with Crippen LogP contribution in [0.5, 0.6) is 0 Å². The van der Waals surface area contributed by atoms with Crippen LogP contribution in [0.15, 0.2) is 30.3 Å². The second-order valence-electron chi connectivity index (χ2n) is 8.30. The van der Waals surface area contributed by atoms with Crippen molar-refractivity contribution in [3.8, 4) is 0 Å². The molecule has 2 aliphatic rings. The van der Waals surface area contributed by atoms with E-state index in [2.05, 4.69) is 19.2 Å². The standard InChI is InChI=1S/C21H30N2O3/c1-15(2)19-21(11-6-12-21)14-23(19)20(26)22-17(9-10-18(24)25)13-16-7-4-3-5-8-16/h3-5,7-8,15,17,19H,6,9-14H2,1-2H3,(H,22,26)(H,24,25). The average Bonchev–Trinajstić information content (AvgIpc) is 2.50. The summed E-state index contributed by atoms with van der Waals surface area (Å²) < 4.78 is 0. The molecule has 2 unspecified atom stereocenters. The summed E-state index contributed by atoms with van der Waals surface area (Å²) in [6.45, 7) is 5.23. The van der Waals surface area contributed by atoms with Crippen molar-refractivity contribution in [1.29, 1.82) is 0 Å². The van der Waals surface area contributed by atoms with Gasteiger partial charge in [-0.3, -0.25) is 4.79 Å². The minimum absolute atomic E-state index is 0.0347. The Kier molecular flexibility index (Phi) is 5.54. The summed E-state index contributed by atoms with van der Waals surface area (Å²) in [6, 6.07) is 10.0. The molecule has 1 heterocycles. The number of hydrogen-bond acceptors (Lipinski definition) is 2. The van der Waals surface area contributed by atoms with Gasteiger partial charge in [0.2, 0.25) is 0 Å². The van der Waals surface area contributed by atoms with Gasteiger partial charge in [0.15, 0.2) is 0 Å². The Morgan fingerprint density at radius 3 is 2.50 bits per heavy atom. The van der Waals surface area contributed by atoms with Crippen molar-refractivity contribution in [2.24, 2.45) is 11.3 Å². The van der Waals surface area contributed by atoms with Crippen molar-refractivity contribution < 1.29 is 14.7 Å². The topological polar surface area (TPSA) is 69.6 Å². The van der Waals surface area contributed by atoms with E-state index in [-0.39, 0.29) is 18.5 Å². The maximum Gasteiger partial charge on any atom is 0.317 e. The van der Waals surface area contributed by atoms with Crippen LogP contribution < -0.4 is 5.32 Å². The van der Waals surface area contributed by atoms with E-state index in [1.165, 1.54) is 19.3 Å². The number of hydrogen-bond donors (Lipinski definition) is 2. The predicted molar refractivity (Wildman–Crippen MR) is 101 cm³/mol. The number of nitrogens with zero attached hydrogens (tertiary/aromatic N) is 1. The number of likely N-dealkylation sites (tertiary alicyclic amines) is 1. The fourth-order valence-corrected chi connectivity index (χ4v) is 4.78. The van der Waals surface area contributed by atoms with Gasteiger partial charge in [-0.15, -0.1) is 0 Å². The second kappa shape index (κ2) is 7.68. The molecule has 3 rings (SSSR count). The van der Waals surface area contributed by atoms with Gasteiger partial charge in [-0.25, -0.2) is 4.79 Å². The number of amides is 2. The first kappa shape index (κ1) is 18.7. The van der Waals surface area contributed by atoms with Crippen LogP contribution in [0.1, 0.15) is 51.5 Å². The number of benzene rings is 1. The van der Waals surface area contributed by atoms with E-state index in [0.29, 0.717) is 30.2 Å². The summed E-state index contributed by atoms with van der Waals surface area (Å²) >= 11 is 0. The molecule has 0 aromatic heterocycles. The van der Waals surface area contributed by atoms with E-state index in [1.807, 2.05) is 35.2 Å². The Hall–Kier alpha value is -2.04. The highest BCUT2D eigenvalue weighted by Gasteiger charge is 2.58. The van der Waals surface area contributed by atoms with Crippen LogP contribution in [0.25, 0.3) is 0 Å². The number of carboxylic acids is 1. The second-order valence-corrected chi connectivity index (χ2v) is 8.30. The number of rotatable bonds is 7. The minimum Gasteiger partial charge on any atom is -0.481 e. The summed E-state index contributed by atoms with van der Waals surface area (Å²) in [6.07, 6.45) is 4.90. The SMILES string of the molecule is CC(C)C1N(C(=O)NC(CCC(=O)O)Cc2ccccc2)CC12CCC2. The molecule has 1 aliphatic carbocycles. The molecular weight excluding hydrogens is 328 g/mol. The largest absolute Gasteiger partial charge is 0.481 e. The third-order valence-electron chi connectivity index (χ3n) is 6.05. The fourth-order valence-electron chi connectivity index (χ4n) is 4.78. The molecule has 1 aromatic carbocycles. The van der Waals surface area contributed by atoms with E-state index in [9.17, 15) is 9.59 Å². The first-order valence-corrected chi connectivity index (χ1v) is 9.74. The molecule has 0 bridgehead atoms. The zero-order valence-corrected chi connectivity index (χ0v) is 15.8. The van der Waals surface area contributed by atoms with Crippen molar-refractivity contribution in [2.75, 3.05) is 6.54 Å². The summed E-state index contributed by atoms with van der Waals surface area (Å²) in [5.74, 6) is -0.379. The van der Waals surface area contributed by atoms with Gasteiger partial charge in [0.1, 0.15) is 0 Å². The molecule has 5 heteroatoms. The van der Waals surface area contributed by atoms with E-state index >= 15 is 0 Å². The normalized spacial score (nSPS) is 21.8. The molecule has 1 aliphatic heterocycles. The number of carbonyl (C=O) groups excluding carboxylic acids is 1. The third-order valence-corrected chi connectivity index (χ3v) is 6.05. The summed E-state index contributed by atoms with van der Waals surface area (Å²) in [5.41, 5.74) is 1.46. The lowest BCUT2D eigenvalue weighted by Crippen LogP contribution is -2.72. The summed E-state index contributed by atoms with van der Waals surface area (Å²) in [7, 11) is 0. The van der Waals surface area contributed by atoms with Gasteiger partial charge in [-0.05, 0) is 37.2 Å². The lowest BCUT2D eigenvalue weighted by atomic mass is 9.55. The van der Waals surface area contributed by atoms with Crippen LogP contribution >= 0.6 is 0 Å². The fraction of sp³-hybridized carbons (Fsp3) is 0.619. The number of carbonyl (C=O) groups is 2. The third kappa shape index (κ3) is 3.87. The molecule has 2 amide bonds. The Labute approximate surface area is 155 Å². The van der Waals surface area contributed by atoms with Crippen LogP contribution in [0, 0.1) is 11.3 Å². The highest BCUT2D eigenvalue weighted by atomic mass is 16.4. The highest BCUT2D eigenvalue weighted by molar-refractivity contribution is 5.76. The zero-order valence-electron chi connectivity index (χ0n) is 15.8. The van der Waals surface area contributed by atoms with Gasteiger partial charge in [0.05, 0.1) is 0 Å². The van der Waals surface area contributed by atoms with Gasteiger partial charge in [-0.1, -0.05) is 50.6 Å². The van der Waals surface area contributed by atoms with Crippen molar-refractivity contribution in [3.63, 3.8) is 0 Å². The molecule has 1 aromatic rings. The van der Waals surface area contributed by atoms with Crippen LogP contribution in [-0.4, -0.2) is 40.6 Å². The number of aliphatic carboxylic acids is 1. The van der Waals surface area contributed by atoms with E-state index in [4.69, 9.17) is 5.11 Å². The van der Waals surface area contributed by atoms with Crippen LogP contribution in [-0.2, 0) is 11.2 Å². The molecule has 0 radical (unpaired) electrons. The van der Waals surface area contributed by atoms with Crippen LogP contribution in [0.2, 0.25) is 0 Å². The first-order chi connectivity index (χ1) is 12.4.